The molecule has 0 aliphatic heterocycles. The lowest BCUT2D eigenvalue weighted by molar-refractivity contribution is -0.160. The predicted octanol–water partition coefficient (Wildman–Crippen LogP) is 7.06. The number of carbonyl (C=O) groups excluding carboxylic acids is 2. The van der Waals surface area contributed by atoms with Gasteiger partial charge in [0.25, 0.3) is 0 Å². The SMILES string of the molecule is CCCCCCCCOC(CCC(=O)OCC(C)COC(=O)OCCCN(C)CCN(C)C)OCCCCCCCC. The lowest BCUT2D eigenvalue weighted by Crippen LogP contribution is -2.30. The van der Waals surface area contributed by atoms with Gasteiger partial charge in [0.15, 0.2) is 6.29 Å². The molecule has 0 N–H and O–H groups in total. The van der Waals surface area contributed by atoms with Gasteiger partial charge in [-0.2, -0.15) is 0 Å². The van der Waals surface area contributed by atoms with Crippen LogP contribution in [0.15, 0.2) is 0 Å². The summed E-state index contributed by atoms with van der Waals surface area (Å²) in [5.74, 6) is -0.415. The van der Waals surface area contributed by atoms with Gasteiger partial charge >= 0.3 is 12.1 Å². The molecule has 0 radical (unpaired) electrons. The van der Waals surface area contributed by atoms with Crippen LogP contribution in [0, 0.1) is 5.92 Å². The third-order valence-corrected chi connectivity index (χ3v) is 7.03. The standard InChI is InChI=1S/C33H66N2O7/c1-7-9-11-13-15-17-25-38-32(39-26-18-16-14-12-10-8-2)21-20-31(36)41-28-30(3)29-42-33(37)40-27-19-22-35(6)24-23-34(4)5/h30,32H,7-29H2,1-6H3. The largest absolute Gasteiger partial charge is 0.508 e. The van der Waals surface area contributed by atoms with E-state index >= 15 is 0 Å². The third-order valence-electron chi connectivity index (χ3n) is 7.03. The van der Waals surface area contributed by atoms with Crippen LogP contribution < -0.4 is 0 Å². The normalized spacial score (nSPS) is 12.3. The smallest absolute Gasteiger partial charge is 0.465 e. The molecule has 0 aromatic carbocycles. The van der Waals surface area contributed by atoms with Crippen molar-refractivity contribution in [3.05, 3.63) is 0 Å². The van der Waals surface area contributed by atoms with Gasteiger partial charge in [0.1, 0.15) is 6.61 Å². The van der Waals surface area contributed by atoms with Crippen molar-refractivity contribution in [2.75, 3.05) is 73.8 Å². The second kappa shape index (κ2) is 29.6. The molecule has 0 aromatic rings. The van der Waals surface area contributed by atoms with Crippen LogP contribution in [0.1, 0.15) is 117 Å². The highest BCUT2D eigenvalue weighted by atomic mass is 16.7. The molecular formula is C33H66N2O7. The van der Waals surface area contributed by atoms with Crippen LogP contribution >= 0.6 is 0 Å². The van der Waals surface area contributed by atoms with Gasteiger partial charge in [-0.05, 0) is 40.4 Å². The van der Waals surface area contributed by atoms with Crippen molar-refractivity contribution in [2.45, 2.75) is 123 Å². The summed E-state index contributed by atoms with van der Waals surface area (Å²) in [6, 6.07) is 0. The number of carbonyl (C=O) groups is 2. The van der Waals surface area contributed by atoms with Crippen molar-refractivity contribution in [1.29, 1.82) is 0 Å². The molecule has 0 saturated heterocycles. The molecule has 0 bridgehead atoms. The molecule has 1 atom stereocenters. The molecule has 0 aliphatic carbocycles. The summed E-state index contributed by atoms with van der Waals surface area (Å²) in [6.45, 7) is 11.1. The number of hydrogen-bond acceptors (Lipinski definition) is 9. The highest BCUT2D eigenvalue weighted by Gasteiger charge is 2.15. The second-order valence-electron chi connectivity index (χ2n) is 11.9. The van der Waals surface area contributed by atoms with Gasteiger partial charge in [-0.25, -0.2) is 4.79 Å². The number of nitrogens with zero attached hydrogens (tertiary/aromatic N) is 2. The monoisotopic (exact) mass is 602 g/mol. The molecule has 0 amide bonds. The van der Waals surface area contributed by atoms with E-state index < -0.39 is 6.16 Å². The van der Waals surface area contributed by atoms with E-state index in [2.05, 4.69) is 30.7 Å². The molecule has 1 unspecified atom stereocenters. The van der Waals surface area contributed by atoms with E-state index in [-0.39, 0.29) is 37.8 Å². The first-order valence-corrected chi connectivity index (χ1v) is 16.8. The van der Waals surface area contributed by atoms with E-state index in [1.165, 1.54) is 51.4 Å². The minimum absolute atomic E-state index is 0.123. The molecule has 0 fully saturated rings. The maximum absolute atomic E-state index is 12.4. The molecule has 0 spiro atoms. The van der Waals surface area contributed by atoms with Crippen LogP contribution in [0.2, 0.25) is 0 Å². The Morgan fingerprint density at radius 2 is 1.17 bits per heavy atom. The van der Waals surface area contributed by atoms with E-state index in [4.69, 9.17) is 23.7 Å². The van der Waals surface area contributed by atoms with Gasteiger partial charge in [-0.15, -0.1) is 0 Å². The van der Waals surface area contributed by atoms with Gasteiger partial charge in [-0.1, -0.05) is 85.0 Å². The highest BCUT2D eigenvalue weighted by molar-refractivity contribution is 5.69. The van der Waals surface area contributed by atoms with E-state index in [0.717, 1.165) is 51.7 Å². The summed E-state index contributed by atoms with van der Waals surface area (Å²) in [5.41, 5.74) is 0. The van der Waals surface area contributed by atoms with Gasteiger partial charge in [0.05, 0.1) is 19.6 Å². The fourth-order valence-electron chi connectivity index (χ4n) is 4.22. The van der Waals surface area contributed by atoms with E-state index in [1.807, 2.05) is 21.0 Å². The fraction of sp³-hybridized carbons (Fsp3) is 0.939. The number of unbranched alkanes of at least 4 members (excludes halogenated alkanes) is 10. The summed E-state index contributed by atoms with van der Waals surface area (Å²) < 4.78 is 27.8. The van der Waals surface area contributed by atoms with E-state index in [9.17, 15) is 9.59 Å². The zero-order chi connectivity index (χ0) is 31.3. The molecule has 42 heavy (non-hydrogen) atoms. The maximum atomic E-state index is 12.4. The average molecular weight is 603 g/mol. The van der Waals surface area contributed by atoms with Crippen molar-refractivity contribution >= 4 is 12.1 Å². The number of rotatable bonds is 30. The first-order valence-electron chi connectivity index (χ1n) is 16.8. The minimum Gasteiger partial charge on any atom is -0.465 e. The van der Waals surface area contributed by atoms with Crippen molar-refractivity contribution in [2.24, 2.45) is 5.92 Å². The summed E-state index contributed by atoms with van der Waals surface area (Å²) in [6.07, 6.45) is 14.8. The number of ether oxygens (including phenoxy) is 5. The lowest BCUT2D eigenvalue weighted by Gasteiger charge is -2.19. The van der Waals surface area contributed by atoms with Crippen molar-refractivity contribution in [1.82, 2.24) is 9.80 Å². The van der Waals surface area contributed by atoms with E-state index in [0.29, 0.717) is 26.2 Å². The summed E-state index contributed by atoms with van der Waals surface area (Å²) in [4.78, 5) is 28.6. The third kappa shape index (κ3) is 28.7. The van der Waals surface area contributed by atoms with Crippen LogP contribution in [0.3, 0.4) is 0 Å². The van der Waals surface area contributed by atoms with Crippen LogP contribution in [-0.2, 0) is 28.5 Å². The Labute approximate surface area is 258 Å². The van der Waals surface area contributed by atoms with Crippen molar-refractivity contribution in [3.63, 3.8) is 0 Å². The molecule has 0 aliphatic rings. The molecule has 0 saturated carbocycles. The molecule has 0 aromatic heterocycles. The first kappa shape index (κ1) is 40.6. The lowest BCUT2D eigenvalue weighted by atomic mass is 10.1. The van der Waals surface area contributed by atoms with Crippen LogP contribution in [0.4, 0.5) is 4.79 Å². The second-order valence-corrected chi connectivity index (χ2v) is 11.9. The Morgan fingerprint density at radius 1 is 0.619 bits per heavy atom. The number of esters is 1. The maximum Gasteiger partial charge on any atom is 0.508 e. The zero-order valence-corrected chi connectivity index (χ0v) is 28.2. The molecule has 9 nitrogen and oxygen atoms in total. The van der Waals surface area contributed by atoms with Crippen LogP contribution in [0.5, 0.6) is 0 Å². The van der Waals surface area contributed by atoms with Gasteiger partial charge < -0.3 is 33.5 Å². The van der Waals surface area contributed by atoms with Crippen molar-refractivity contribution in [3.8, 4) is 0 Å². The summed E-state index contributed by atoms with van der Waals surface area (Å²) in [7, 11) is 6.15. The average Bonchev–Trinajstić information content (AvgIpc) is 2.97. The molecule has 0 heterocycles. The van der Waals surface area contributed by atoms with Gasteiger partial charge in [0.2, 0.25) is 0 Å². The molecule has 250 valence electrons. The van der Waals surface area contributed by atoms with Crippen LogP contribution in [0.25, 0.3) is 0 Å². The van der Waals surface area contributed by atoms with Crippen molar-refractivity contribution < 1.29 is 33.3 Å². The topological polar surface area (TPSA) is 86.8 Å². The number of hydrogen-bond donors (Lipinski definition) is 0. The Morgan fingerprint density at radius 3 is 1.74 bits per heavy atom. The molecule has 9 heteroatoms. The Hall–Kier alpha value is -1.42. The van der Waals surface area contributed by atoms with Gasteiger partial charge in [0, 0.05) is 45.2 Å². The number of likely N-dealkylation sites (N-methyl/N-ethyl adjacent to an activating group) is 2. The first-order chi connectivity index (χ1) is 20.3. The van der Waals surface area contributed by atoms with Crippen LogP contribution in [-0.4, -0.2) is 102 Å². The summed E-state index contributed by atoms with van der Waals surface area (Å²) >= 11 is 0. The Bertz CT molecular complexity index is 603. The summed E-state index contributed by atoms with van der Waals surface area (Å²) in [5, 5.41) is 0. The van der Waals surface area contributed by atoms with Gasteiger partial charge in [-0.3, -0.25) is 4.79 Å². The minimum atomic E-state index is -0.683. The molecule has 0 rings (SSSR count). The highest BCUT2D eigenvalue weighted by Crippen LogP contribution is 2.12. The Balaban J connectivity index is 4.15. The van der Waals surface area contributed by atoms with E-state index in [1.54, 1.807) is 0 Å². The predicted molar refractivity (Wildman–Crippen MR) is 170 cm³/mol. The Kier molecular flexibility index (Phi) is 28.6. The zero-order valence-electron chi connectivity index (χ0n) is 28.2. The fourth-order valence-corrected chi connectivity index (χ4v) is 4.22. The molecular weight excluding hydrogens is 536 g/mol. The quantitative estimate of drug-likeness (QED) is 0.0487.